The van der Waals surface area contributed by atoms with Crippen molar-refractivity contribution >= 4 is 19.9 Å². The van der Waals surface area contributed by atoms with Crippen molar-refractivity contribution in [2.45, 2.75) is 37.0 Å². The van der Waals surface area contributed by atoms with E-state index in [0.717, 1.165) is 19.4 Å². The standard InChI is InChI=1S/C11H22N2O4S2/c1-13(9-10-3-2-6-12-10)19(16,17)11-4-7-18(14,15)8-5-11/h10-12H,2-9H2,1H3. The van der Waals surface area contributed by atoms with Crippen molar-refractivity contribution in [3.63, 3.8) is 0 Å². The van der Waals surface area contributed by atoms with Crippen molar-refractivity contribution < 1.29 is 16.8 Å². The third kappa shape index (κ3) is 3.68. The Labute approximate surface area is 115 Å². The van der Waals surface area contributed by atoms with E-state index < -0.39 is 25.1 Å². The third-order valence-corrected chi connectivity index (χ3v) is 8.04. The molecule has 6 nitrogen and oxygen atoms in total. The molecule has 0 amide bonds. The Hall–Kier alpha value is -0.180. The predicted molar refractivity (Wildman–Crippen MR) is 74.3 cm³/mol. The highest BCUT2D eigenvalue weighted by Crippen LogP contribution is 2.22. The molecule has 2 aliphatic rings. The second kappa shape index (κ2) is 5.67. The highest BCUT2D eigenvalue weighted by atomic mass is 32.2. The lowest BCUT2D eigenvalue weighted by molar-refractivity contribution is 0.407. The van der Waals surface area contributed by atoms with Gasteiger partial charge >= 0.3 is 0 Å². The fourth-order valence-electron chi connectivity index (χ4n) is 2.75. The Balaban J connectivity index is 1.97. The first-order valence-corrected chi connectivity index (χ1v) is 10.0. The highest BCUT2D eigenvalue weighted by Gasteiger charge is 2.36. The summed E-state index contributed by atoms with van der Waals surface area (Å²) in [6.07, 6.45) is 2.54. The largest absolute Gasteiger partial charge is 0.313 e. The smallest absolute Gasteiger partial charge is 0.216 e. The number of nitrogens with zero attached hydrogens (tertiary/aromatic N) is 1. The first kappa shape index (κ1) is 15.2. The monoisotopic (exact) mass is 310 g/mol. The van der Waals surface area contributed by atoms with Gasteiger partial charge in [0.25, 0.3) is 0 Å². The second-order valence-electron chi connectivity index (χ2n) is 5.47. The lowest BCUT2D eigenvalue weighted by atomic mass is 10.2. The van der Waals surface area contributed by atoms with Crippen LogP contribution in [0, 0.1) is 0 Å². The van der Waals surface area contributed by atoms with Crippen molar-refractivity contribution in [2.24, 2.45) is 0 Å². The Bertz CT molecular complexity index is 495. The summed E-state index contributed by atoms with van der Waals surface area (Å²) in [5, 5.41) is 2.73. The molecule has 2 aliphatic heterocycles. The average Bonchev–Trinajstić information content (AvgIpc) is 2.81. The summed E-state index contributed by atoms with van der Waals surface area (Å²) in [5.41, 5.74) is 0. The molecule has 0 spiro atoms. The maximum absolute atomic E-state index is 12.4. The zero-order valence-electron chi connectivity index (χ0n) is 11.2. The molecule has 1 unspecified atom stereocenters. The first-order valence-electron chi connectivity index (χ1n) is 6.70. The normalized spacial score (nSPS) is 28.8. The number of sulfone groups is 1. The average molecular weight is 310 g/mol. The van der Waals surface area contributed by atoms with Gasteiger partial charge in [0.15, 0.2) is 0 Å². The number of rotatable bonds is 4. The van der Waals surface area contributed by atoms with E-state index in [4.69, 9.17) is 0 Å². The van der Waals surface area contributed by atoms with Gasteiger partial charge in [0.05, 0.1) is 16.8 Å². The topological polar surface area (TPSA) is 83.6 Å². The highest BCUT2D eigenvalue weighted by molar-refractivity contribution is 7.92. The van der Waals surface area contributed by atoms with Gasteiger partial charge in [0.2, 0.25) is 10.0 Å². The van der Waals surface area contributed by atoms with Crippen LogP contribution in [0.2, 0.25) is 0 Å². The van der Waals surface area contributed by atoms with E-state index in [1.165, 1.54) is 4.31 Å². The molecular formula is C11H22N2O4S2. The van der Waals surface area contributed by atoms with Gasteiger partial charge < -0.3 is 5.32 Å². The Kier molecular flexibility index (Phi) is 4.54. The van der Waals surface area contributed by atoms with Crippen LogP contribution in [0.5, 0.6) is 0 Å². The van der Waals surface area contributed by atoms with Gasteiger partial charge in [-0.1, -0.05) is 0 Å². The van der Waals surface area contributed by atoms with E-state index in [-0.39, 0.29) is 30.4 Å². The summed E-state index contributed by atoms with van der Waals surface area (Å²) < 4.78 is 48.9. The van der Waals surface area contributed by atoms with Gasteiger partial charge in [-0.15, -0.1) is 0 Å². The molecule has 0 aromatic carbocycles. The maximum atomic E-state index is 12.4. The quantitative estimate of drug-likeness (QED) is 0.762. The van der Waals surface area contributed by atoms with E-state index in [2.05, 4.69) is 5.32 Å². The summed E-state index contributed by atoms with van der Waals surface area (Å²) in [6.45, 7) is 1.42. The Morgan fingerprint density at radius 2 is 1.84 bits per heavy atom. The fourth-order valence-corrected chi connectivity index (χ4v) is 6.27. The van der Waals surface area contributed by atoms with Crippen molar-refractivity contribution in [3.8, 4) is 0 Å². The molecule has 112 valence electrons. The van der Waals surface area contributed by atoms with Crippen molar-refractivity contribution in [1.29, 1.82) is 0 Å². The SMILES string of the molecule is CN(CC1CCCN1)S(=O)(=O)C1CCS(=O)(=O)CC1. The van der Waals surface area contributed by atoms with Crippen LogP contribution in [0.15, 0.2) is 0 Å². The lowest BCUT2D eigenvalue weighted by Crippen LogP contribution is -2.45. The van der Waals surface area contributed by atoms with Crippen LogP contribution < -0.4 is 5.32 Å². The van der Waals surface area contributed by atoms with Crippen LogP contribution in [0.3, 0.4) is 0 Å². The zero-order chi connectivity index (χ0) is 14.1. The number of hydrogen-bond acceptors (Lipinski definition) is 5. The van der Waals surface area contributed by atoms with Crippen LogP contribution in [0.25, 0.3) is 0 Å². The molecule has 8 heteroatoms. The van der Waals surface area contributed by atoms with Crippen LogP contribution in [-0.2, 0) is 19.9 Å². The summed E-state index contributed by atoms with van der Waals surface area (Å²) in [6, 6.07) is 0.229. The van der Waals surface area contributed by atoms with Crippen molar-refractivity contribution in [2.75, 3.05) is 31.6 Å². The molecule has 2 fully saturated rings. The van der Waals surface area contributed by atoms with Gasteiger partial charge in [-0.2, -0.15) is 0 Å². The second-order valence-corrected chi connectivity index (χ2v) is 10.1. The molecule has 19 heavy (non-hydrogen) atoms. The molecule has 0 radical (unpaired) electrons. The number of hydrogen-bond donors (Lipinski definition) is 1. The van der Waals surface area contributed by atoms with Gasteiger partial charge in [0, 0.05) is 19.6 Å². The Morgan fingerprint density at radius 3 is 2.37 bits per heavy atom. The first-order chi connectivity index (χ1) is 8.81. The van der Waals surface area contributed by atoms with E-state index in [0.29, 0.717) is 6.54 Å². The zero-order valence-corrected chi connectivity index (χ0v) is 12.8. The summed E-state index contributed by atoms with van der Waals surface area (Å²) in [4.78, 5) is 0. The van der Waals surface area contributed by atoms with Crippen molar-refractivity contribution in [3.05, 3.63) is 0 Å². The fraction of sp³-hybridized carbons (Fsp3) is 1.00. The predicted octanol–water partition coefficient (Wildman–Crippen LogP) is -0.423. The number of nitrogens with one attached hydrogen (secondary N) is 1. The number of sulfonamides is 1. The summed E-state index contributed by atoms with van der Waals surface area (Å²) >= 11 is 0. The lowest BCUT2D eigenvalue weighted by Gasteiger charge is -2.28. The minimum absolute atomic E-state index is 0.00752. The summed E-state index contributed by atoms with van der Waals surface area (Å²) in [7, 11) is -4.79. The minimum Gasteiger partial charge on any atom is -0.313 e. The van der Waals surface area contributed by atoms with E-state index in [9.17, 15) is 16.8 Å². The molecule has 0 saturated carbocycles. The molecule has 1 atom stereocenters. The molecular weight excluding hydrogens is 288 g/mol. The van der Waals surface area contributed by atoms with Crippen LogP contribution in [-0.4, -0.2) is 64.1 Å². The van der Waals surface area contributed by atoms with Gasteiger partial charge in [0.1, 0.15) is 9.84 Å². The molecule has 2 rings (SSSR count). The van der Waals surface area contributed by atoms with E-state index >= 15 is 0 Å². The minimum atomic E-state index is -3.37. The maximum Gasteiger partial charge on any atom is 0.216 e. The molecule has 0 aromatic rings. The molecule has 0 bridgehead atoms. The van der Waals surface area contributed by atoms with Crippen LogP contribution >= 0.6 is 0 Å². The molecule has 0 aromatic heterocycles. The molecule has 1 N–H and O–H groups in total. The number of likely N-dealkylation sites (N-methyl/N-ethyl adjacent to an activating group) is 1. The molecule has 2 saturated heterocycles. The third-order valence-electron chi connectivity index (χ3n) is 4.00. The van der Waals surface area contributed by atoms with Gasteiger partial charge in [-0.3, -0.25) is 0 Å². The van der Waals surface area contributed by atoms with Crippen LogP contribution in [0.4, 0.5) is 0 Å². The van der Waals surface area contributed by atoms with Crippen molar-refractivity contribution in [1.82, 2.24) is 9.62 Å². The molecule has 2 heterocycles. The molecule has 0 aliphatic carbocycles. The van der Waals surface area contributed by atoms with E-state index in [1.54, 1.807) is 7.05 Å². The van der Waals surface area contributed by atoms with Gasteiger partial charge in [-0.05, 0) is 32.2 Å². The van der Waals surface area contributed by atoms with Crippen LogP contribution in [0.1, 0.15) is 25.7 Å². The Morgan fingerprint density at radius 1 is 1.21 bits per heavy atom. The van der Waals surface area contributed by atoms with Gasteiger partial charge in [-0.25, -0.2) is 21.1 Å². The summed E-state index contributed by atoms with van der Waals surface area (Å²) in [5.74, 6) is -0.0150. The van der Waals surface area contributed by atoms with E-state index in [1.807, 2.05) is 0 Å².